The average molecular weight is 237 g/mol. The summed E-state index contributed by atoms with van der Waals surface area (Å²) in [7, 11) is 6.44. The topological polar surface area (TPSA) is 38.7 Å². The molecule has 0 spiro atoms. The fourth-order valence-electron chi connectivity index (χ4n) is 0.713. The maximum absolute atomic E-state index is 8.93. The van der Waals surface area contributed by atoms with Crippen LogP contribution in [0.25, 0.3) is 0 Å². The maximum atomic E-state index is 8.93. The minimum absolute atomic E-state index is 0.131. The van der Waals surface area contributed by atoms with E-state index < -0.39 is 25.3 Å². The van der Waals surface area contributed by atoms with Gasteiger partial charge in [0.05, 0.1) is 21.4 Å². The van der Waals surface area contributed by atoms with Gasteiger partial charge in [-0.05, 0) is 21.1 Å². The van der Waals surface area contributed by atoms with Gasteiger partial charge in [0.1, 0.15) is 16.1 Å². The normalized spacial score (nSPS) is 23.5. The number of aliphatic hydroxyl groups is 1. The molecular weight excluding hydrogens is 220 g/mol. The summed E-state index contributed by atoms with van der Waals surface area (Å²) < 4.78 is 24.7. The summed E-state index contributed by atoms with van der Waals surface area (Å²) in [6.45, 7) is 1.83. The van der Waals surface area contributed by atoms with Gasteiger partial charge in [-0.25, -0.2) is 0 Å². The van der Waals surface area contributed by atoms with E-state index in [1.165, 1.54) is 0 Å². The number of hydrogen-bond acceptors (Lipinski definition) is 3. The van der Waals surface area contributed by atoms with Crippen molar-refractivity contribution in [2.24, 2.45) is 0 Å². The zero-order valence-corrected chi connectivity index (χ0v) is 10.5. The van der Waals surface area contributed by atoms with Crippen LogP contribution in [-0.4, -0.2) is 57.1 Å². The monoisotopic (exact) mass is 237 g/mol. The van der Waals surface area contributed by atoms with Gasteiger partial charge >= 0.3 is 0 Å². The molecular formula is C5H14B2O3P2Si. The van der Waals surface area contributed by atoms with Crippen LogP contribution in [0.15, 0.2) is 0 Å². The van der Waals surface area contributed by atoms with E-state index in [0.717, 1.165) is 0 Å². The van der Waals surface area contributed by atoms with Crippen molar-refractivity contribution >= 4 is 40.3 Å². The van der Waals surface area contributed by atoms with E-state index in [1.54, 1.807) is 6.66 Å². The Labute approximate surface area is 89.8 Å². The molecule has 3 unspecified atom stereocenters. The number of hydrogen-bond donors (Lipinski definition) is 1. The van der Waals surface area contributed by atoms with Gasteiger partial charge in [0.15, 0.2) is 0 Å². The van der Waals surface area contributed by atoms with E-state index in [9.17, 15) is 0 Å². The summed E-state index contributed by atoms with van der Waals surface area (Å²) in [4.78, 5) is 0. The Hall–Kier alpha value is 1.09. The first-order valence-corrected chi connectivity index (χ1v) is 8.55. The van der Waals surface area contributed by atoms with Crippen LogP contribution in [0.4, 0.5) is 0 Å². The highest BCUT2D eigenvalue weighted by Gasteiger charge is 2.09. The van der Waals surface area contributed by atoms with Gasteiger partial charge in [-0.2, -0.15) is 0 Å². The Morgan fingerprint density at radius 3 is 3.15 bits per heavy atom. The Kier molecular flexibility index (Phi) is 6.85. The van der Waals surface area contributed by atoms with E-state index in [4.69, 9.17) is 31.6 Å². The van der Waals surface area contributed by atoms with Crippen LogP contribution in [0, 0.1) is 0 Å². The molecule has 0 aromatic rings. The first-order valence-electron chi connectivity index (χ1n) is 4.79. The number of aliphatic hydroxyl groups excluding tert-OH is 1. The van der Waals surface area contributed by atoms with Gasteiger partial charge in [0, 0.05) is 7.84 Å². The molecule has 4 atom stereocenters. The second-order valence-electron chi connectivity index (χ2n) is 2.46. The van der Waals surface area contributed by atoms with Crippen molar-refractivity contribution in [2.45, 2.75) is 12.5 Å². The standard InChI is InChI=1S/C5H14B2O3P2Si/c1-12(6)10-5(4-8)2-3-9-13(7)11/h5,8,13H,2-4,11H2,1H3/t5-,12?,13?/m0/s1/i11T,13D/t5-,11?,12?,13?. The Bertz CT molecular complexity index is 180. The van der Waals surface area contributed by atoms with Gasteiger partial charge in [-0.3, -0.25) is 0 Å². The zero-order chi connectivity index (χ0) is 11.9. The summed E-state index contributed by atoms with van der Waals surface area (Å²) in [6.07, 6.45) is 0.0698. The van der Waals surface area contributed by atoms with Crippen molar-refractivity contribution < 1.29 is 14.1 Å². The van der Waals surface area contributed by atoms with Crippen molar-refractivity contribution in [1.29, 1.82) is 2.51 Å². The Balaban J connectivity index is 3.72. The molecule has 0 aromatic heterocycles. The van der Waals surface area contributed by atoms with Crippen molar-refractivity contribution in [3.63, 3.8) is 0 Å². The van der Waals surface area contributed by atoms with E-state index in [0.29, 0.717) is 6.42 Å². The lowest BCUT2D eigenvalue weighted by molar-refractivity contribution is 0.108. The lowest BCUT2D eigenvalue weighted by atomic mass is 10.3. The molecule has 0 heterocycles. The second kappa shape index (κ2) is 8.40. The molecule has 0 saturated heterocycles. The summed E-state index contributed by atoms with van der Waals surface area (Å²) in [6, 6.07) is 0. The molecule has 0 aliphatic carbocycles. The number of rotatable bonds is 8. The molecule has 0 amide bonds. The maximum Gasteiger partial charge on any atom is 0.148 e. The molecule has 0 aromatic carbocycles. The first-order chi connectivity index (χ1) is 6.91. The molecule has 0 bridgehead atoms. The summed E-state index contributed by atoms with van der Waals surface area (Å²) in [5.74, 6) is 0. The van der Waals surface area contributed by atoms with Crippen molar-refractivity contribution in [3.05, 3.63) is 0 Å². The minimum atomic E-state index is -3.02. The lowest BCUT2D eigenvalue weighted by Crippen LogP contribution is -2.20. The Morgan fingerprint density at radius 1 is 2.00 bits per heavy atom. The van der Waals surface area contributed by atoms with Crippen molar-refractivity contribution in [3.8, 4) is 0 Å². The molecule has 8 heteroatoms. The third kappa shape index (κ3) is 9.39. The second-order valence-corrected chi connectivity index (χ2v) is 6.26. The van der Waals surface area contributed by atoms with Crippen molar-refractivity contribution in [2.75, 3.05) is 19.9 Å². The van der Waals surface area contributed by atoms with Crippen LogP contribution in [0.5, 0.6) is 0 Å². The Morgan fingerprint density at radius 2 is 2.69 bits per heavy atom. The molecule has 0 fully saturated rings. The third-order valence-electron chi connectivity index (χ3n) is 1.22. The molecule has 1 N–H and O–H groups in total. The van der Waals surface area contributed by atoms with Crippen LogP contribution < -0.4 is 0 Å². The van der Waals surface area contributed by atoms with E-state index in [2.05, 4.69) is 0 Å². The SMILES string of the molecule is [2H][Si]([B])(OCC[C@@H](CO)OP([B])C)P[3H]. The van der Waals surface area contributed by atoms with Gasteiger partial charge in [0.2, 0.25) is 0 Å². The van der Waals surface area contributed by atoms with Gasteiger partial charge in [-0.1, -0.05) is 0 Å². The molecule has 0 rings (SSSR count). The van der Waals surface area contributed by atoms with E-state index in [-0.39, 0.29) is 19.3 Å². The molecule has 72 valence electrons. The fourth-order valence-corrected chi connectivity index (χ4v) is 2.00. The molecule has 4 radical (unpaired) electrons. The minimum Gasteiger partial charge on any atom is -0.425 e. The highest BCUT2D eigenvalue weighted by molar-refractivity contribution is 7.77. The van der Waals surface area contributed by atoms with Crippen LogP contribution in [-0.2, 0) is 8.95 Å². The predicted molar refractivity (Wildman–Crippen MR) is 63.7 cm³/mol. The highest BCUT2D eigenvalue weighted by atomic mass is 31.3. The summed E-state index contributed by atoms with van der Waals surface area (Å²) in [5, 5.41) is 8.93. The molecule has 0 aliphatic rings. The van der Waals surface area contributed by atoms with Crippen LogP contribution in [0.1, 0.15) is 6.42 Å². The van der Waals surface area contributed by atoms with E-state index >= 15 is 0 Å². The van der Waals surface area contributed by atoms with Crippen LogP contribution in [0.3, 0.4) is 0 Å². The fraction of sp³-hybridized carbons (Fsp3) is 1.00. The van der Waals surface area contributed by atoms with Crippen LogP contribution in [0.2, 0.25) is 0 Å². The molecule has 0 aliphatic heterocycles. The first kappa shape index (κ1) is 10.6. The van der Waals surface area contributed by atoms with E-state index in [1.807, 2.05) is 0 Å². The molecule has 0 saturated carbocycles. The third-order valence-corrected chi connectivity index (χ3v) is 2.80. The van der Waals surface area contributed by atoms with Gasteiger partial charge in [0.25, 0.3) is 0 Å². The lowest BCUT2D eigenvalue weighted by Gasteiger charge is -2.19. The van der Waals surface area contributed by atoms with Crippen molar-refractivity contribution in [1.82, 2.24) is 0 Å². The smallest absolute Gasteiger partial charge is 0.148 e. The van der Waals surface area contributed by atoms with Gasteiger partial charge < -0.3 is 14.1 Å². The predicted octanol–water partition coefficient (Wildman–Crippen LogP) is -0.358. The summed E-state index contributed by atoms with van der Waals surface area (Å²) >= 11 is 0. The zero-order valence-electron chi connectivity index (χ0n) is 9.56. The van der Waals surface area contributed by atoms with Crippen LogP contribution >= 0.6 is 16.8 Å². The van der Waals surface area contributed by atoms with Gasteiger partial charge in [-0.15, -0.1) is 8.73 Å². The molecule has 3 nitrogen and oxygen atoms in total. The highest BCUT2D eigenvalue weighted by Crippen LogP contribution is 2.27. The largest absolute Gasteiger partial charge is 0.425 e. The average Bonchev–Trinajstić information content (AvgIpc) is 2.15. The molecule has 13 heavy (non-hydrogen) atoms. The summed E-state index contributed by atoms with van der Waals surface area (Å²) in [5.41, 5.74) is 0. The quantitative estimate of drug-likeness (QED) is 0.462.